The summed E-state index contributed by atoms with van der Waals surface area (Å²) in [4.78, 5) is 35.8. The summed E-state index contributed by atoms with van der Waals surface area (Å²) in [6, 6.07) is 1.27. The van der Waals surface area contributed by atoms with Crippen molar-refractivity contribution >= 4 is 22.9 Å². The number of fused-ring (bicyclic) bond motifs is 1. The van der Waals surface area contributed by atoms with Gasteiger partial charge < -0.3 is 15.8 Å². The average Bonchev–Trinajstić information content (AvgIpc) is 2.56. The first kappa shape index (κ1) is 11.8. The number of nitrogens with zero attached hydrogens (tertiary/aromatic N) is 2. The summed E-state index contributed by atoms with van der Waals surface area (Å²) in [5.41, 5.74) is 5.07. The van der Waals surface area contributed by atoms with Gasteiger partial charge in [-0.15, -0.1) is 0 Å². The van der Waals surface area contributed by atoms with E-state index < -0.39 is 17.4 Å². The Morgan fingerprint density at radius 2 is 2.22 bits per heavy atom. The van der Waals surface area contributed by atoms with Crippen LogP contribution >= 0.6 is 0 Å². The molecule has 0 radical (unpaired) electrons. The topological polar surface area (TPSA) is 131 Å². The number of aromatic carboxylic acids is 1. The van der Waals surface area contributed by atoms with Crippen molar-refractivity contribution in [1.29, 1.82) is 0 Å². The third kappa shape index (κ3) is 1.83. The molecule has 0 unspecified atom stereocenters. The number of H-pyrrole nitrogens is 1. The van der Waals surface area contributed by atoms with E-state index in [1.54, 1.807) is 6.92 Å². The number of nitrogens with two attached hydrogens (primary N) is 1. The lowest BCUT2D eigenvalue weighted by atomic mass is 10.1. The molecule has 2 rings (SSSR count). The second-order valence-corrected chi connectivity index (χ2v) is 3.82. The number of carbonyl (C=O) groups is 2. The number of amides is 1. The quantitative estimate of drug-likeness (QED) is 0.657. The number of rotatable bonds is 3. The van der Waals surface area contributed by atoms with Gasteiger partial charge >= 0.3 is 5.97 Å². The van der Waals surface area contributed by atoms with E-state index in [1.165, 1.54) is 6.07 Å². The molecule has 0 saturated heterocycles. The number of pyridine rings is 1. The van der Waals surface area contributed by atoms with Gasteiger partial charge in [0.15, 0.2) is 5.69 Å². The van der Waals surface area contributed by atoms with E-state index in [2.05, 4.69) is 10.1 Å². The molecular weight excluding hydrogens is 240 g/mol. The second kappa shape index (κ2) is 3.99. The number of primary amides is 1. The minimum absolute atomic E-state index is 0.177. The van der Waals surface area contributed by atoms with Crippen LogP contribution in [0.4, 0.5) is 0 Å². The van der Waals surface area contributed by atoms with Crippen LogP contribution in [0.5, 0.6) is 0 Å². The molecule has 0 atom stereocenters. The van der Waals surface area contributed by atoms with Gasteiger partial charge in [-0.2, -0.15) is 5.10 Å². The van der Waals surface area contributed by atoms with Gasteiger partial charge in [0, 0.05) is 6.07 Å². The molecule has 8 nitrogen and oxygen atoms in total. The first-order chi connectivity index (χ1) is 8.40. The first-order valence-corrected chi connectivity index (χ1v) is 5.02. The summed E-state index contributed by atoms with van der Waals surface area (Å²) in [6.07, 6.45) is 0. The van der Waals surface area contributed by atoms with Crippen molar-refractivity contribution in [2.45, 2.75) is 13.5 Å². The lowest BCUT2D eigenvalue weighted by Gasteiger charge is -1.99. The van der Waals surface area contributed by atoms with E-state index >= 15 is 0 Å². The molecule has 8 heteroatoms. The van der Waals surface area contributed by atoms with Gasteiger partial charge in [0.1, 0.15) is 12.2 Å². The summed E-state index contributed by atoms with van der Waals surface area (Å²) < 4.78 is 1.08. The number of carboxylic acids is 1. The van der Waals surface area contributed by atoms with Crippen LogP contribution in [0.1, 0.15) is 16.1 Å². The molecule has 0 aromatic carbocycles. The Labute approximate surface area is 100 Å². The van der Waals surface area contributed by atoms with Crippen LogP contribution in [0, 0.1) is 6.92 Å². The van der Waals surface area contributed by atoms with Crippen molar-refractivity contribution in [2.24, 2.45) is 5.73 Å². The fraction of sp³-hybridized carbons (Fsp3) is 0.200. The number of aromatic nitrogens is 3. The monoisotopic (exact) mass is 250 g/mol. The van der Waals surface area contributed by atoms with Gasteiger partial charge in [0.05, 0.1) is 5.39 Å². The maximum Gasteiger partial charge on any atom is 0.357 e. The lowest BCUT2D eigenvalue weighted by molar-refractivity contribution is -0.118. The highest BCUT2D eigenvalue weighted by molar-refractivity contribution is 6.01. The van der Waals surface area contributed by atoms with Crippen LogP contribution in [0.25, 0.3) is 11.0 Å². The van der Waals surface area contributed by atoms with Crippen molar-refractivity contribution in [2.75, 3.05) is 0 Å². The molecular formula is C10H10N4O4. The first-order valence-electron chi connectivity index (χ1n) is 5.02. The van der Waals surface area contributed by atoms with E-state index in [1.807, 2.05) is 0 Å². The number of hydrogen-bond acceptors (Lipinski definition) is 4. The number of carboxylic acid groups (broad SMARTS) is 1. The molecule has 18 heavy (non-hydrogen) atoms. The Morgan fingerprint density at radius 1 is 1.56 bits per heavy atom. The van der Waals surface area contributed by atoms with Gasteiger partial charge in [-0.05, 0) is 12.5 Å². The van der Waals surface area contributed by atoms with E-state index in [-0.39, 0.29) is 17.9 Å². The number of carbonyl (C=O) groups excluding carboxylic acids is 1. The summed E-state index contributed by atoms with van der Waals surface area (Å²) in [6.45, 7) is 1.30. The molecule has 0 aliphatic heterocycles. The van der Waals surface area contributed by atoms with Gasteiger partial charge in [0.25, 0.3) is 0 Å². The SMILES string of the molecule is Cc1cc(=O)[nH]c2c1c(C(=O)O)nn2CC(N)=O. The van der Waals surface area contributed by atoms with Crippen molar-refractivity contribution < 1.29 is 14.7 Å². The van der Waals surface area contributed by atoms with E-state index in [9.17, 15) is 14.4 Å². The molecule has 0 aliphatic carbocycles. The minimum Gasteiger partial charge on any atom is -0.476 e. The van der Waals surface area contributed by atoms with Crippen LogP contribution in [0.15, 0.2) is 10.9 Å². The maximum absolute atomic E-state index is 11.4. The molecule has 0 spiro atoms. The smallest absolute Gasteiger partial charge is 0.357 e. The summed E-state index contributed by atoms with van der Waals surface area (Å²) in [7, 11) is 0. The Balaban J connectivity index is 2.84. The van der Waals surface area contributed by atoms with Crippen LogP contribution in [0.2, 0.25) is 0 Å². The van der Waals surface area contributed by atoms with Gasteiger partial charge in [-0.25, -0.2) is 9.48 Å². The van der Waals surface area contributed by atoms with Gasteiger partial charge in [-0.1, -0.05) is 0 Å². The Morgan fingerprint density at radius 3 is 2.78 bits per heavy atom. The zero-order valence-electron chi connectivity index (χ0n) is 9.43. The van der Waals surface area contributed by atoms with Gasteiger partial charge in [0.2, 0.25) is 11.5 Å². The molecule has 0 bridgehead atoms. The highest BCUT2D eigenvalue weighted by Crippen LogP contribution is 2.19. The predicted octanol–water partition coefficient (Wildman–Crippen LogP) is -0.783. The molecule has 4 N–H and O–H groups in total. The Kier molecular flexibility index (Phi) is 2.62. The fourth-order valence-electron chi connectivity index (χ4n) is 1.80. The molecule has 2 aromatic heterocycles. The molecule has 0 fully saturated rings. The normalized spacial score (nSPS) is 10.7. The number of aryl methyl sites for hydroxylation is 1. The largest absolute Gasteiger partial charge is 0.476 e. The van der Waals surface area contributed by atoms with Crippen molar-refractivity contribution in [3.05, 3.63) is 27.7 Å². The maximum atomic E-state index is 11.4. The van der Waals surface area contributed by atoms with Crippen LogP contribution in [0.3, 0.4) is 0 Å². The van der Waals surface area contributed by atoms with Crippen molar-refractivity contribution in [3.8, 4) is 0 Å². The zero-order valence-corrected chi connectivity index (χ0v) is 9.43. The highest BCUT2D eigenvalue weighted by atomic mass is 16.4. The molecule has 94 valence electrons. The minimum atomic E-state index is -1.24. The molecule has 1 amide bonds. The highest BCUT2D eigenvalue weighted by Gasteiger charge is 2.19. The van der Waals surface area contributed by atoms with E-state index in [4.69, 9.17) is 10.8 Å². The predicted molar refractivity (Wildman–Crippen MR) is 61.2 cm³/mol. The molecule has 0 saturated carbocycles. The summed E-state index contributed by atoms with van der Waals surface area (Å²) in [5, 5.41) is 13.1. The van der Waals surface area contributed by atoms with Crippen LogP contribution < -0.4 is 11.3 Å². The van der Waals surface area contributed by atoms with Gasteiger partial charge in [-0.3, -0.25) is 9.59 Å². The third-order valence-electron chi connectivity index (χ3n) is 2.44. The Hall–Kier alpha value is -2.64. The van der Waals surface area contributed by atoms with Crippen molar-refractivity contribution in [3.63, 3.8) is 0 Å². The number of hydrogen-bond donors (Lipinski definition) is 3. The second-order valence-electron chi connectivity index (χ2n) is 3.82. The van der Waals surface area contributed by atoms with Crippen LogP contribution in [-0.4, -0.2) is 31.7 Å². The average molecular weight is 250 g/mol. The zero-order chi connectivity index (χ0) is 13.4. The van der Waals surface area contributed by atoms with Crippen molar-refractivity contribution in [1.82, 2.24) is 14.8 Å². The fourth-order valence-corrected chi connectivity index (χ4v) is 1.80. The standard InChI is InChI=1S/C10H10N4O4/c1-4-2-6(16)12-9-7(4)8(10(17)18)13-14(9)3-5(11)15/h2H,3H2,1H3,(H2,11,15)(H,12,16)(H,17,18). The third-order valence-corrected chi connectivity index (χ3v) is 2.44. The Bertz CT molecular complexity index is 712. The van der Waals surface area contributed by atoms with Crippen LogP contribution in [-0.2, 0) is 11.3 Å². The lowest BCUT2D eigenvalue weighted by Crippen LogP contribution is -2.20. The van der Waals surface area contributed by atoms with E-state index in [0.717, 1.165) is 4.68 Å². The summed E-state index contributed by atoms with van der Waals surface area (Å²) in [5.74, 6) is -1.92. The van der Waals surface area contributed by atoms with E-state index in [0.29, 0.717) is 10.9 Å². The number of aromatic amines is 1. The summed E-state index contributed by atoms with van der Waals surface area (Å²) >= 11 is 0. The molecule has 2 heterocycles. The molecule has 2 aromatic rings. The number of nitrogens with one attached hydrogen (secondary N) is 1. The molecule has 0 aliphatic rings.